The van der Waals surface area contributed by atoms with Gasteiger partial charge in [0, 0.05) is 25.1 Å². The zero-order chi connectivity index (χ0) is 19.0. The van der Waals surface area contributed by atoms with Gasteiger partial charge >= 0.3 is 11.6 Å². The van der Waals surface area contributed by atoms with E-state index in [-0.39, 0.29) is 12.5 Å². The summed E-state index contributed by atoms with van der Waals surface area (Å²) in [5, 5.41) is 0.815. The largest absolute Gasteiger partial charge is 0.478 e. The van der Waals surface area contributed by atoms with Gasteiger partial charge < -0.3 is 18.6 Å². The van der Waals surface area contributed by atoms with E-state index in [4.69, 9.17) is 13.9 Å². The number of fused-ring (bicyclic) bond motifs is 3. The number of ether oxygens (including phenoxy) is 3. The number of rotatable bonds is 4. The molecule has 0 spiro atoms. The molecule has 4 rings (SSSR count). The van der Waals surface area contributed by atoms with Crippen molar-refractivity contribution in [1.29, 1.82) is 0 Å². The maximum Gasteiger partial charge on any atom is 0.340 e. The molecule has 2 aromatic rings. The van der Waals surface area contributed by atoms with Crippen molar-refractivity contribution in [3.8, 4) is 5.75 Å². The zero-order valence-corrected chi connectivity index (χ0v) is 15.6. The number of benzene rings is 1. The summed E-state index contributed by atoms with van der Waals surface area (Å²) >= 11 is 0. The molecule has 1 saturated heterocycles. The van der Waals surface area contributed by atoms with Crippen LogP contribution in [0.3, 0.4) is 0 Å². The highest BCUT2D eigenvalue weighted by atomic mass is 16.5. The number of carbonyl (C=O) groups excluding carboxylic acids is 1. The lowest BCUT2D eigenvalue weighted by atomic mass is 10.00. The number of methoxy groups -OCH3 is 1. The van der Waals surface area contributed by atoms with E-state index < -0.39 is 11.6 Å². The van der Waals surface area contributed by atoms with E-state index in [0.717, 1.165) is 48.3 Å². The molecule has 1 aromatic heterocycles. The summed E-state index contributed by atoms with van der Waals surface area (Å²) in [5.74, 6) is 0.267. The van der Waals surface area contributed by atoms with Crippen molar-refractivity contribution in [3.05, 3.63) is 39.2 Å². The average molecular weight is 373 g/mol. The number of hydrogen-bond acceptors (Lipinski definition) is 7. The molecule has 1 atom stereocenters. The summed E-state index contributed by atoms with van der Waals surface area (Å²) in [7, 11) is 1.30. The topological polar surface area (TPSA) is 78.2 Å². The molecule has 1 fully saturated rings. The standard InChI is InChI=1S/C20H23NO6/c1-12-14-5-6-17-16(10-21(11-26-17)9-13-4-3-7-25-13)19(14)27-20(23)15(12)8-18(22)24-2/h5-6,13H,3-4,7-11H2,1-2H3/t13-/m1/s1. The van der Waals surface area contributed by atoms with E-state index in [1.165, 1.54) is 7.11 Å². The first kappa shape index (κ1) is 18.0. The van der Waals surface area contributed by atoms with E-state index >= 15 is 0 Å². The fraction of sp³-hybridized carbons (Fsp3) is 0.500. The van der Waals surface area contributed by atoms with Crippen molar-refractivity contribution in [3.63, 3.8) is 0 Å². The van der Waals surface area contributed by atoms with Crippen LogP contribution in [0.25, 0.3) is 11.0 Å². The first-order valence-corrected chi connectivity index (χ1v) is 9.18. The summed E-state index contributed by atoms with van der Waals surface area (Å²) in [6.45, 7) is 4.56. The van der Waals surface area contributed by atoms with Gasteiger partial charge in [0.2, 0.25) is 0 Å². The normalized spacial score (nSPS) is 19.7. The third-order valence-corrected chi connectivity index (χ3v) is 5.33. The second-order valence-electron chi connectivity index (χ2n) is 7.08. The maximum atomic E-state index is 12.5. The second-order valence-corrected chi connectivity index (χ2v) is 7.08. The van der Waals surface area contributed by atoms with Gasteiger partial charge in [-0.25, -0.2) is 4.79 Å². The van der Waals surface area contributed by atoms with E-state index in [9.17, 15) is 9.59 Å². The Kier molecular flexibility index (Phi) is 4.88. The molecule has 27 heavy (non-hydrogen) atoms. The SMILES string of the molecule is COC(=O)Cc1c(C)c2ccc3c(c2oc1=O)CN(C[C@H]1CCCO1)CO3. The molecule has 0 amide bonds. The lowest BCUT2D eigenvalue weighted by molar-refractivity contribution is -0.139. The molecule has 0 radical (unpaired) electrons. The van der Waals surface area contributed by atoms with Crippen molar-refractivity contribution in [1.82, 2.24) is 4.90 Å². The summed E-state index contributed by atoms with van der Waals surface area (Å²) in [5.41, 5.74) is 1.96. The van der Waals surface area contributed by atoms with Crippen molar-refractivity contribution >= 4 is 16.9 Å². The summed E-state index contributed by atoms with van der Waals surface area (Å²) in [6, 6.07) is 3.78. The fourth-order valence-electron chi connectivity index (χ4n) is 3.82. The van der Waals surface area contributed by atoms with Crippen LogP contribution in [0.2, 0.25) is 0 Å². The third-order valence-electron chi connectivity index (χ3n) is 5.33. The highest BCUT2D eigenvalue weighted by molar-refractivity contribution is 5.87. The summed E-state index contributed by atoms with van der Waals surface area (Å²) in [6.07, 6.45) is 2.28. The van der Waals surface area contributed by atoms with Crippen molar-refractivity contribution < 1.29 is 23.4 Å². The van der Waals surface area contributed by atoms with Crippen molar-refractivity contribution in [2.24, 2.45) is 0 Å². The number of hydrogen-bond donors (Lipinski definition) is 0. The van der Waals surface area contributed by atoms with Crippen molar-refractivity contribution in [2.75, 3.05) is 27.0 Å². The third kappa shape index (κ3) is 3.44. The highest BCUT2D eigenvalue weighted by Gasteiger charge is 2.26. The van der Waals surface area contributed by atoms with Crippen LogP contribution in [0, 0.1) is 6.92 Å². The van der Waals surface area contributed by atoms with E-state index in [1.807, 2.05) is 19.1 Å². The highest BCUT2D eigenvalue weighted by Crippen LogP contribution is 2.34. The number of aryl methyl sites for hydroxylation is 1. The van der Waals surface area contributed by atoms with Crippen LogP contribution < -0.4 is 10.4 Å². The summed E-state index contributed by atoms with van der Waals surface area (Å²) < 4.78 is 21.9. The van der Waals surface area contributed by atoms with Gasteiger partial charge in [-0.3, -0.25) is 9.69 Å². The molecule has 0 aliphatic carbocycles. The van der Waals surface area contributed by atoms with E-state index in [2.05, 4.69) is 9.64 Å². The molecule has 7 nitrogen and oxygen atoms in total. The van der Waals surface area contributed by atoms with E-state index in [0.29, 0.717) is 24.4 Å². The predicted molar refractivity (Wildman–Crippen MR) is 97.8 cm³/mol. The lowest BCUT2D eigenvalue weighted by Gasteiger charge is -2.30. The molecule has 0 N–H and O–H groups in total. The van der Waals surface area contributed by atoms with Gasteiger partial charge in [0.25, 0.3) is 0 Å². The van der Waals surface area contributed by atoms with Gasteiger partial charge in [0.05, 0.1) is 30.8 Å². The second kappa shape index (κ2) is 7.32. The zero-order valence-electron chi connectivity index (χ0n) is 15.6. The number of esters is 1. The van der Waals surface area contributed by atoms with Gasteiger partial charge in [0.1, 0.15) is 18.1 Å². The van der Waals surface area contributed by atoms with Crippen LogP contribution in [0.5, 0.6) is 5.75 Å². The Morgan fingerprint density at radius 2 is 2.22 bits per heavy atom. The molecular formula is C20H23NO6. The minimum atomic E-state index is -0.505. The quantitative estimate of drug-likeness (QED) is 0.600. The smallest absolute Gasteiger partial charge is 0.340 e. The number of carbonyl (C=O) groups is 1. The lowest BCUT2D eigenvalue weighted by Crippen LogP contribution is -2.37. The minimum Gasteiger partial charge on any atom is -0.478 e. The Balaban J connectivity index is 1.70. The molecule has 0 saturated carbocycles. The average Bonchev–Trinajstić information content (AvgIpc) is 3.17. The molecular weight excluding hydrogens is 350 g/mol. The molecule has 3 heterocycles. The van der Waals surface area contributed by atoms with Crippen LogP contribution in [0.15, 0.2) is 21.3 Å². The van der Waals surface area contributed by atoms with E-state index in [1.54, 1.807) is 0 Å². The Morgan fingerprint density at radius 3 is 2.96 bits per heavy atom. The predicted octanol–water partition coefficient (Wildman–Crippen LogP) is 2.15. The molecule has 1 aromatic carbocycles. The van der Waals surface area contributed by atoms with Gasteiger partial charge in [-0.05, 0) is 37.5 Å². The van der Waals surface area contributed by atoms with Crippen molar-refractivity contribution in [2.45, 2.75) is 38.8 Å². The molecule has 2 aliphatic heterocycles. The molecule has 2 aliphatic rings. The van der Waals surface area contributed by atoms with Crippen LogP contribution in [0.1, 0.15) is 29.5 Å². The van der Waals surface area contributed by atoms with Gasteiger partial charge in [-0.2, -0.15) is 0 Å². The Morgan fingerprint density at radius 1 is 1.37 bits per heavy atom. The van der Waals surface area contributed by atoms with Crippen LogP contribution in [0.4, 0.5) is 0 Å². The Labute approximate surface area is 156 Å². The van der Waals surface area contributed by atoms with Gasteiger partial charge in [0.15, 0.2) is 0 Å². The first-order valence-electron chi connectivity index (χ1n) is 9.18. The van der Waals surface area contributed by atoms with Crippen LogP contribution in [-0.4, -0.2) is 44.0 Å². The first-order chi connectivity index (χ1) is 13.1. The monoisotopic (exact) mass is 373 g/mol. The van der Waals surface area contributed by atoms with Crippen LogP contribution in [-0.2, 0) is 27.2 Å². The number of nitrogens with zero attached hydrogens (tertiary/aromatic N) is 1. The molecule has 7 heteroatoms. The minimum absolute atomic E-state index is 0.0979. The van der Waals surface area contributed by atoms with Crippen LogP contribution >= 0.6 is 0 Å². The fourth-order valence-corrected chi connectivity index (χ4v) is 3.82. The summed E-state index contributed by atoms with van der Waals surface area (Å²) in [4.78, 5) is 26.3. The molecule has 0 bridgehead atoms. The van der Waals surface area contributed by atoms with Gasteiger partial charge in [-0.1, -0.05) is 0 Å². The molecule has 144 valence electrons. The Hall–Kier alpha value is -2.38. The Bertz CT molecular complexity index is 928. The van der Waals surface area contributed by atoms with Gasteiger partial charge in [-0.15, -0.1) is 0 Å². The maximum absolute atomic E-state index is 12.5. The molecule has 0 unspecified atom stereocenters.